The van der Waals surface area contributed by atoms with Gasteiger partial charge in [-0.25, -0.2) is 0 Å². The number of rotatable bonds is 7. The van der Waals surface area contributed by atoms with Crippen LogP contribution in [0.2, 0.25) is 0 Å². The zero-order valence-electron chi connectivity index (χ0n) is 11.3. The fraction of sp³-hybridized carbons (Fsp3) is 0.769. The molecule has 0 aromatic heterocycles. The molecule has 2 amide bonds. The van der Waals surface area contributed by atoms with Gasteiger partial charge in [-0.15, -0.1) is 0 Å². The zero-order chi connectivity index (χ0) is 14.1. The summed E-state index contributed by atoms with van der Waals surface area (Å²) in [4.78, 5) is 33.0. The lowest BCUT2D eigenvalue weighted by Gasteiger charge is -2.22. The predicted octanol–water partition coefficient (Wildman–Crippen LogP) is 0.503. The Balaban J connectivity index is 2.19. The predicted molar refractivity (Wildman–Crippen MR) is 69.3 cm³/mol. The molecule has 1 fully saturated rings. The van der Waals surface area contributed by atoms with Crippen LogP contribution in [0.3, 0.4) is 0 Å². The molecule has 108 valence electrons. The Kier molecular flexibility index (Phi) is 6.92. The standard InChI is InChI=1S/C13H22N2O4/c1-10(15-12(17)8-14-9-16)7-13(18)19-11-5-3-2-4-6-11/h9-11H,2-8H2,1H3,(H,14,16)(H,15,17). The number of amides is 2. The third-order valence-corrected chi connectivity index (χ3v) is 3.08. The first-order valence-corrected chi connectivity index (χ1v) is 6.77. The van der Waals surface area contributed by atoms with E-state index in [4.69, 9.17) is 4.74 Å². The van der Waals surface area contributed by atoms with Crippen molar-refractivity contribution in [2.75, 3.05) is 6.54 Å². The van der Waals surface area contributed by atoms with E-state index in [-0.39, 0.29) is 37.0 Å². The van der Waals surface area contributed by atoms with Crippen LogP contribution >= 0.6 is 0 Å². The summed E-state index contributed by atoms with van der Waals surface area (Å²) in [5, 5.41) is 4.89. The molecule has 1 aliphatic rings. The Morgan fingerprint density at radius 2 is 2.00 bits per heavy atom. The first kappa shape index (κ1) is 15.5. The average Bonchev–Trinajstić information content (AvgIpc) is 2.37. The van der Waals surface area contributed by atoms with Gasteiger partial charge in [-0.2, -0.15) is 0 Å². The highest BCUT2D eigenvalue weighted by Crippen LogP contribution is 2.20. The van der Waals surface area contributed by atoms with Crippen molar-refractivity contribution in [2.24, 2.45) is 0 Å². The molecule has 1 unspecified atom stereocenters. The van der Waals surface area contributed by atoms with Crippen molar-refractivity contribution in [1.82, 2.24) is 10.6 Å². The summed E-state index contributed by atoms with van der Waals surface area (Å²) in [6.45, 7) is 1.66. The van der Waals surface area contributed by atoms with E-state index in [1.165, 1.54) is 6.42 Å². The van der Waals surface area contributed by atoms with Gasteiger partial charge in [-0.05, 0) is 32.6 Å². The van der Waals surface area contributed by atoms with Crippen LogP contribution in [0.5, 0.6) is 0 Å². The summed E-state index contributed by atoms with van der Waals surface area (Å²) in [5.74, 6) is -0.590. The van der Waals surface area contributed by atoms with Gasteiger partial charge >= 0.3 is 5.97 Å². The molecule has 2 N–H and O–H groups in total. The van der Waals surface area contributed by atoms with Gasteiger partial charge in [-0.1, -0.05) is 6.42 Å². The molecule has 0 aromatic rings. The van der Waals surface area contributed by atoms with Crippen LogP contribution in [0.4, 0.5) is 0 Å². The second-order valence-electron chi connectivity index (χ2n) is 4.92. The van der Waals surface area contributed by atoms with E-state index in [1.807, 2.05) is 0 Å². The minimum absolute atomic E-state index is 0.0425. The van der Waals surface area contributed by atoms with Crippen molar-refractivity contribution in [3.05, 3.63) is 0 Å². The second-order valence-corrected chi connectivity index (χ2v) is 4.92. The van der Waals surface area contributed by atoms with Gasteiger partial charge in [0, 0.05) is 6.04 Å². The molecular weight excluding hydrogens is 248 g/mol. The second kappa shape index (κ2) is 8.50. The van der Waals surface area contributed by atoms with Gasteiger partial charge in [0.25, 0.3) is 0 Å². The number of carbonyl (C=O) groups is 3. The topological polar surface area (TPSA) is 84.5 Å². The highest BCUT2D eigenvalue weighted by molar-refractivity contribution is 5.80. The van der Waals surface area contributed by atoms with Crippen LogP contribution in [-0.4, -0.2) is 37.0 Å². The molecule has 0 bridgehead atoms. The normalized spacial score (nSPS) is 17.3. The van der Waals surface area contributed by atoms with Crippen molar-refractivity contribution in [3.8, 4) is 0 Å². The van der Waals surface area contributed by atoms with Gasteiger partial charge in [0.15, 0.2) is 0 Å². The Labute approximate surface area is 113 Å². The van der Waals surface area contributed by atoms with Gasteiger partial charge in [0.05, 0.1) is 13.0 Å². The molecule has 1 saturated carbocycles. The third-order valence-electron chi connectivity index (χ3n) is 3.08. The molecule has 6 nitrogen and oxygen atoms in total. The van der Waals surface area contributed by atoms with E-state index in [2.05, 4.69) is 10.6 Å². The first-order chi connectivity index (χ1) is 9.11. The lowest BCUT2D eigenvalue weighted by atomic mass is 9.98. The van der Waals surface area contributed by atoms with E-state index in [0.29, 0.717) is 6.41 Å². The molecule has 19 heavy (non-hydrogen) atoms. The summed E-state index contributed by atoms with van der Waals surface area (Å²) >= 11 is 0. The molecular formula is C13H22N2O4. The van der Waals surface area contributed by atoms with E-state index >= 15 is 0 Å². The fourth-order valence-corrected chi connectivity index (χ4v) is 2.18. The van der Waals surface area contributed by atoms with E-state index in [0.717, 1.165) is 25.7 Å². The van der Waals surface area contributed by atoms with Crippen molar-refractivity contribution in [3.63, 3.8) is 0 Å². The van der Waals surface area contributed by atoms with Crippen molar-refractivity contribution in [2.45, 2.75) is 57.6 Å². The largest absolute Gasteiger partial charge is 0.462 e. The first-order valence-electron chi connectivity index (χ1n) is 6.77. The van der Waals surface area contributed by atoms with Gasteiger partial charge in [-0.3, -0.25) is 14.4 Å². The van der Waals surface area contributed by atoms with Crippen molar-refractivity contribution < 1.29 is 19.1 Å². The number of ether oxygens (including phenoxy) is 1. The molecule has 1 rings (SSSR count). The summed E-state index contributed by atoms with van der Waals surface area (Å²) in [7, 11) is 0. The minimum Gasteiger partial charge on any atom is -0.462 e. The van der Waals surface area contributed by atoms with Crippen LogP contribution in [0, 0.1) is 0 Å². The third kappa shape index (κ3) is 6.79. The molecule has 0 spiro atoms. The number of nitrogens with one attached hydrogen (secondary N) is 2. The van der Waals surface area contributed by atoms with Crippen LogP contribution < -0.4 is 10.6 Å². The van der Waals surface area contributed by atoms with Gasteiger partial charge < -0.3 is 15.4 Å². The average molecular weight is 270 g/mol. The number of hydrogen-bond donors (Lipinski definition) is 2. The minimum atomic E-state index is -0.315. The zero-order valence-corrected chi connectivity index (χ0v) is 11.3. The van der Waals surface area contributed by atoms with Crippen LogP contribution in [0.25, 0.3) is 0 Å². The maximum absolute atomic E-state index is 11.7. The molecule has 6 heteroatoms. The fourth-order valence-electron chi connectivity index (χ4n) is 2.18. The van der Waals surface area contributed by atoms with E-state index in [9.17, 15) is 14.4 Å². The van der Waals surface area contributed by atoms with Gasteiger partial charge in [0.2, 0.25) is 12.3 Å². The summed E-state index contributed by atoms with van der Waals surface area (Å²) in [6, 6.07) is -0.294. The lowest BCUT2D eigenvalue weighted by Crippen LogP contribution is -2.40. The summed E-state index contributed by atoms with van der Waals surface area (Å²) in [6.07, 6.45) is 5.98. The molecule has 1 aliphatic carbocycles. The molecule has 0 saturated heterocycles. The Hall–Kier alpha value is -1.59. The highest BCUT2D eigenvalue weighted by Gasteiger charge is 2.19. The number of hydrogen-bond acceptors (Lipinski definition) is 4. The Morgan fingerprint density at radius 3 is 2.63 bits per heavy atom. The highest BCUT2D eigenvalue weighted by atomic mass is 16.5. The van der Waals surface area contributed by atoms with Crippen LogP contribution in [0.1, 0.15) is 45.4 Å². The van der Waals surface area contributed by atoms with Gasteiger partial charge in [0.1, 0.15) is 6.10 Å². The SMILES string of the molecule is CC(CC(=O)OC1CCCCC1)NC(=O)CNC=O. The monoisotopic (exact) mass is 270 g/mol. The summed E-state index contributed by atoms with van der Waals surface area (Å²) in [5.41, 5.74) is 0. The Bertz CT molecular complexity index is 314. The quantitative estimate of drug-likeness (QED) is 0.521. The molecule has 0 radical (unpaired) electrons. The lowest BCUT2D eigenvalue weighted by molar-refractivity contribution is -0.151. The maximum Gasteiger partial charge on any atom is 0.308 e. The smallest absolute Gasteiger partial charge is 0.308 e. The van der Waals surface area contributed by atoms with E-state index < -0.39 is 0 Å². The van der Waals surface area contributed by atoms with Crippen LogP contribution in [0.15, 0.2) is 0 Å². The number of carbonyl (C=O) groups excluding carboxylic acids is 3. The summed E-state index contributed by atoms with van der Waals surface area (Å²) < 4.78 is 5.36. The van der Waals surface area contributed by atoms with Crippen molar-refractivity contribution >= 4 is 18.3 Å². The molecule has 0 aromatic carbocycles. The van der Waals surface area contributed by atoms with E-state index in [1.54, 1.807) is 6.92 Å². The van der Waals surface area contributed by atoms with Crippen molar-refractivity contribution in [1.29, 1.82) is 0 Å². The maximum atomic E-state index is 11.7. The molecule has 0 aliphatic heterocycles. The number of esters is 1. The molecule has 1 atom stereocenters. The molecule has 0 heterocycles. The van der Waals surface area contributed by atoms with Crippen LogP contribution in [-0.2, 0) is 19.1 Å². The Morgan fingerprint density at radius 1 is 1.32 bits per heavy atom.